The summed E-state index contributed by atoms with van der Waals surface area (Å²) in [6.45, 7) is 5.10. The van der Waals surface area contributed by atoms with E-state index in [4.69, 9.17) is 9.47 Å². The number of benzene rings is 2. The molecule has 0 spiro atoms. The van der Waals surface area contributed by atoms with Gasteiger partial charge in [0.25, 0.3) is 0 Å². The summed E-state index contributed by atoms with van der Waals surface area (Å²) in [6, 6.07) is 11.1. The van der Waals surface area contributed by atoms with Crippen LogP contribution in [-0.2, 0) is 10.0 Å². The smallest absolute Gasteiger partial charge is 0.343 e. The standard InChI is InChI=1S/C21H25NO5S/c1-15-10-12-22(13-11-15)28(24,25)18-7-5-17(6-8-18)21(23)27-19-9-4-16(2)14-20(19)26-3/h4-9,14-15H,10-13H2,1-3H3. The average Bonchev–Trinajstić information content (AvgIpc) is 2.69. The second-order valence-corrected chi connectivity index (χ2v) is 9.09. The number of carbonyl (C=O) groups is 1. The lowest BCUT2D eigenvalue weighted by Gasteiger charge is -2.29. The quantitative estimate of drug-likeness (QED) is 0.563. The van der Waals surface area contributed by atoms with Gasteiger partial charge < -0.3 is 9.47 Å². The maximum atomic E-state index is 12.8. The van der Waals surface area contributed by atoms with Crippen LogP contribution in [0.2, 0.25) is 0 Å². The second-order valence-electron chi connectivity index (χ2n) is 7.15. The number of nitrogens with zero attached hydrogens (tertiary/aromatic N) is 1. The van der Waals surface area contributed by atoms with Gasteiger partial charge in [-0.05, 0) is 67.6 Å². The highest BCUT2D eigenvalue weighted by atomic mass is 32.2. The molecule has 1 aliphatic heterocycles. The first-order valence-corrected chi connectivity index (χ1v) is 10.7. The molecule has 0 aromatic heterocycles. The highest BCUT2D eigenvalue weighted by molar-refractivity contribution is 7.89. The van der Waals surface area contributed by atoms with E-state index in [2.05, 4.69) is 6.92 Å². The number of piperidine rings is 1. The summed E-state index contributed by atoms with van der Waals surface area (Å²) in [6.07, 6.45) is 1.73. The van der Waals surface area contributed by atoms with E-state index in [1.165, 1.54) is 35.7 Å². The van der Waals surface area contributed by atoms with Crippen molar-refractivity contribution in [2.45, 2.75) is 31.6 Å². The largest absolute Gasteiger partial charge is 0.493 e. The molecule has 0 amide bonds. The Bertz CT molecular complexity index is 945. The van der Waals surface area contributed by atoms with Crippen LogP contribution >= 0.6 is 0 Å². The lowest BCUT2D eigenvalue weighted by Crippen LogP contribution is -2.37. The van der Waals surface area contributed by atoms with Crippen LogP contribution in [0.25, 0.3) is 0 Å². The Balaban J connectivity index is 1.74. The fourth-order valence-corrected chi connectivity index (χ4v) is 4.62. The van der Waals surface area contributed by atoms with Crippen LogP contribution in [0, 0.1) is 12.8 Å². The molecule has 6 nitrogen and oxygen atoms in total. The summed E-state index contributed by atoms with van der Waals surface area (Å²) in [4.78, 5) is 12.6. The summed E-state index contributed by atoms with van der Waals surface area (Å²) in [5, 5.41) is 0. The lowest BCUT2D eigenvalue weighted by molar-refractivity contribution is 0.0729. The maximum absolute atomic E-state index is 12.8. The van der Waals surface area contributed by atoms with E-state index in [1.54, 1.807) is 12.1 Å². The zero-order valence-electron chi connectivity index (χ0n) is 16.3. The van der Waals surface area contributed by atoms with E-state index in [1.807, 2.05) is 13.0 Å². The minimum Gasteiger partial charge on any atom is -0.493 e. The number of esters is 1. The molecule has 0 aliphatic carbocycles. The molecule has 0 atom stereocenters. The van der Waals surface area contributed by atoms with Gasteiger partial charge in [0.15, 0.2) is 11.5 Å². The van der Waals surface area contributed by atoms with Crippen molar-refractivity contribution in [2.24, 2.45) is 5.92 Å². The van der Waals surface area contributed by atoms with Gasteiger partial charge in [-0.25, -0.2) is 13.2 Å². The summed E-state index contributed by atoms with van der Waals surface area (Å²) < 4.78 is 37.7. The molecule has 1 heterocycles. The fraction of sp³-hybridized carbons (Fsp3) is 0.381. The van der Waals surface area contributed by atoms with Crippen LogP contribution < -0.4 is 9.47 Å². The summed E-state index contributed by atoms with van der Waals surface area (Å²) >= 11 is 0. The van der Waals surface area contributed by atoms with Crippen molar-refractivity contribution < 1.29 is 22.7 Å². The van der Waals surface area contributed by atoms with Gasteiger partial charge in [0.2, 0.25) is 10.0 Å². The third-order valence-corrected chi connectivity index (χ3v) is 6.91. The third kappa shape index (κ3) is 4.36. The molecule has 1 aliphatic rings. The molecule has 2 aromatic rings. The molecule has 3 rings (SSSR count). The molecule has 7 heteroatoms. The van der Waals surface area contributed by atoms with Crippen LogP contribution in [0.1, 0.15) is 35.7 Å². The van der Waals surface area contributed by atoms with Gasteiger partial charge in [-0.15, -0.1) is 0 Å². The predicted octanol–water partition coefficient (Wildman–Crippen LogP) is 3.64. The first-order valence-electron chi connectivity index (χ1n) is 9.28. The average molecular weight is 404 g/mol. The van der Waals surface area contributed by atoms with E-state index in [-0.39, 0.29) is 10.5 Å². The van der Waals surface area contributed by atoms with Gasteiger partial charge in [-0.2, -0.15) is 4.31 Å². The van der Waals surface area contributed by atoms with Gasteiger partial charge in [0.1, 0.15) is 0 Å². The zero-order chi connectivity index (χ0) is 20.3. The Morgan fingerprint density at radius 3 is 2.29 bits per heavy atom. The number of ether oxygens (including phenoxy) is 2. The number of methoxy groups -OCH3 is 1. The molecule has 150 valence electrons. The van der Waals surface area contributed by atoms with Crippen LogP contribution in [0.5, 0.6) is 11.5 Å². The highest BCUT2D eigenvalue weighted by Crippen LogP contribution is 2.29. The zero-order valence-corrected chi connectivity index (χ0v) is 17.2. The highest BCUT2D eigenvalue weighted by Gasteiger charge is 2.28. The van der Waals surface area contributed by atoms with Crippen molar-refractivity contribution in [3.05, 3.63) is 53.6 Å². The summed E-state index contributed by atoms with van der Waals surface area (Å²) in [7, 11) is -2.03. The molecule has 2 aromatic carbocycles. The molecule has 0 saturated carbocycles. The Kier molecular flexibility index (Phi) is 6.05. The first kappa shape index (κ1) is 20.4. The molecule has 0 unspecified atom stereocenters. The van der Waals surface area contributed by atoms with Crippen molar-refractivity contribution in [1.82, 2.24) is 4.31 Å². The van der Waals surface area contributed by atoms with E-state index >= 15 is 0 Å². The van der Waals surface area contributed by atoms with Gasteiger partial charge >= 0.3 is 5.97 Å². The third-order valence-electron chi connectivity index (χ3n) is 4.99. The Morgan fingerprint density at radius 2 is 1.68 bits per heavy atom. The van der Waals surface area contributed by atoms with Gasteiger partial charge in [0, 0.05) is 13.1 Å². The minimum atomic E-state index is -3.54. The number of carbonyl (C=O) groups excluding carboxylic acids is 1. The summed E-state index contributed by atoms with van der Waals surface area (Å²) in [5.74, 6) is 0.754. The molecule has 1 saturated heterocycles. The Hall–Kier alpha value is -2.38. The fourth-order valence-electron chi connectivity index (χ4n) is 3.16. The maximum Gasteiger partial charge on any atom is 0.343 e. The van der Waals surface area contributed by atoms with Crippen LogP contribution in [0.15, 0.2) is 47.4 Å². The Labute approximate surface area is 166 Å². The van der Waals surface area contributed by atoms with Gasteiger partial charge in [-0.1, -0.05) is 13.0 Å². The van der Waals surface area contributed by atoms with Crippen molar-refractivity contribution in [3.8, 4) is 11.5 Å². The number of sulfonamides is 1. The van der Waals surface area contributed by atoms with Crippen molar-refractivity contribution in [1.29, 1.82) is 0 Å². The predicted molar refractivity (Wildman–Crippen MR) is 106 cm³/mol. The van der Waals surface area contributed by atoms with Crippen molar-refractivity contribution in [2.75, 3.05) is 20.2 Å². The van der Waals surface area contributed by atoms with Crippen LogP contribution in [-0.4, -0.2) is 38.9 Å². The van der Waals surface area contributed by atoms with Crippen molar-refractivity contribution >= 4 is 16.0 Å². The number of aryl methyl sites for hydroxylation is 1. The van der Waals surface area contributed by atoms with E-state index in [0.717, 1.165) is 18.4 Å². The molecular weight excluding hydrogens is 378 g/mol. The first-order chi connectivity index (χ1) is 13.3. The van der Waals surface area contributed by atoms with Crippen LogP contribution in [0.4, 0.5) is 0 Å². The van der Waals surface area contributed by atoms with E-state index in [9.17, 15) is 13.2 Å². The van der Waals surface area contributed by atoms with Crippen LogP contribution in [0.3, 0.4) is 0 Å². The number of rotatable bonds is 5. The second kappa shape index (κ2) is 8.32. The van der Waals surface area contributed by atoms with Crippen molar-refractivity contribution in [3.63, 3.8) is 0 Å². The molecule has 0 radical (unpaired) electrons. The summed E-state index contributed by atoms with van der Waals surface area (Å²) in [5.41, 5.74) is 1.26. The Morgan fingerprint density at radius 1 is 1.04 bits per heavy atom. The monoisotopic (exact) mass is 403 g/mol. The lowest BCUT2D eigenvalue weighted by atomic mass is 10.0. The molecule has 28 heavy (non-hydrogen) atoms. The molecular formula is C21H25NO5S. The molecule has 0 N–H and O–H groups in total. The topological polar surface area (TPSA) is 72.9 Å². The van der Waals surface area contributed by atoms with E-state index < -0.39 is 16.0 Å². The SMILES string of the molecule is COc1cc(C)ccc1OC(=O)c1ccc(S(=O)(=O)N2CCC(C)CC2)cc1. The normalized spacial score (nSPS) is 16.0. The van der Waals surface area contributed by atoms with Gasteiger partial charge in [-0.3, -0.25) is 0 Å². The number of hydrogen-bond acceptors (Lipinski definition) is 5. The number of hydrogen-bond donors (Lipinski definition) is 0. The molecule has 1 fully saturated rings. The minimum absolute atomic E-state index is 0.187. The molecule has 0 bridgehead atoms. The van der Waals surface area contributed by atoms with Gasteiger partial charge in [0.05, 0.1) is 17.6 Å². The van der Waals surface area contributed by atoms with E-state index in [0.29, 0.717) is 30.5 Å².